The molecule has 118 valence electrons. The second-order valence-electron chi connectivity index (χ2n) is 7.44. The van der Waals surface area contributed by atoms with E-state index in [1.807, 2.05) is 20.8 Å². The van der Waals surface area contributed by atoms with Gasteiger partial charge < -0.3 is 10.1 Å². The van der Waals surface area contributed by atoms with E-state index in [0.717, 1.165) is 30.6 Å². The van der Waals surface area contributed by atoms with Gasteiger partial charge in [0.2, 0.25) is 0 Å². The van der Waals surface area contributed by atoms with Crippen LogP contribution in [0.5, 0.6) is 0 Å². The smallest absolute Gasteiger partial charge is 0.306 e. The van der Waals surface area contributed by atoms with Gasteiger partial charge in [-0.3, -0.25) is 4.79 Å². The number of hydrogen-bond acceptors (Lipinski definition) is 3. The Morgan fingerprint density at radius 1 is 1.20 bits per heavy atom. The number of hydrogen-bond donors (Lipinski definition) is 1. The molecule has 20 heavy (non-hydrogen) atoms. The Morgan fingerprint density at radius 3 is 2.35 bits per heavy atom. The van der Waals surface area contributed by atoms with Gasteiger partial charge in [0.05, 0.1) is 0 Å². The fourth-order valence-electron chi connectivity index (χ4n) is 2.72. The highest BCUT2D eigenvalue weighted by molar-refractivity contribution is 5.69. The van der Waals surface area contributed by atoms with Gasteiger partial charge in [0, 0.05) is 6.42 Å². The standard InChI is InChI=1S/C17H33NO2/c1-13(14(2)15-11-18-12-15)9-7-6-8-10-16(19)20-17(3,4)5/h13-15,18H,6-12H2,1-5H3. The lowest BCUT2D eigenvalue weighted by Crippen LogP contribution is -2.46. The normalized spacial score (nSPS) is 19.2. The monoisotopic (exact) mass is 283 g/mol. The molecule has 1 N–H and O–H groups in total. The van der Waals surface area contributed by atoms with E-state index in [0.29, 0.717) is 6.42 Å². The molecule has 0 aromatic rings. The summed E-state index contributed by atoms with van der Waals surface area (Å²) in [7, 11) is 0. The van der Waals surface area contributed by atoms with Crippen LogP contribution in [0.4, 0.5) is 0 Å². The summed E-state index contributed by atoms with van der Waals surface area (Å²) >= 11 is 0. The largest absolute Gasteiger partial charge is 0.460 e. The van der Waals surface area contributed by atoms with Crippen molar-refractivity contribution >= 4 is 5.97 Å². The number of esters is 1. The maximum absolute atomic E-state index is 11.6. The van der Waals surface area contributed by atoms with E-state index in [-0.39, 0.29) is 11.6 Å². The third-order valence-corrected chi connectivity index (χ3v) is 4.41. The van der Waals surface area contributed by atoms with Crippen LogP contribution < -0.4 is 5.32 Å². The van der Waals surface area contributed by atoms with E-state index < -0.39 is 0 Å². The lowest BCUT2D eigenvalue weighted by Gasteiger charge is -2.36. The number of carbonyl (C=O) groups excluding carboxylic acids is 1. The molecular weight excluding hydrogens is 250 g/mol. The Labute approximate surface area is 124 Å². The molecule has 0 amide bonds. The van der Waals surface area contributed by atoms with Crippen LogP contribution >= 0.6 is 0 Å². The van der Waals surface area contributed by atoms with Crippen molar-refractivity contribution in [3.63, 3.8) is 0 Å². The minimum Gasteiger partial charge on any atom is -0.460 e. The average Bonchev–Trinajstić information content (AvgIpc) is 2.23. The Kier molecular flexibility index (Phi) is 7.01. The van der Waals surface area contributed by atoms with Crippen LogP contribution in [0.2, 0.25) is 0 Å². The van der Waals surface area contributed by atoms with Gasteiger partial charge >= 0.3 is 5.97 Å². The fraction of sp³-hybridized carbons (Fsp3) is 0.941. The van der Waals surface area contributed by atoms with Crippen molar-refractivity contribution in [3.8, 4) is 0 Å². The molecule has 1 fully saturated rings. The zero-order valence-electron chi connectivity index (χ0n) is 14.0. The van der Waals surface area contributed by atoms with E-state index in [2.05, 4.69) is 19.2 Å². The predicted molar refractivity (Wildman–Crippen MR) is 83.6 cm³/mol. The topological polar surface area (TPSA) is 38.3 Å². The first kappa shape index (κ1) is 17.5. The molecule has 2 unspecified atom stereocenters. The number of nitrogens with one attached hydrogen (secondary N) is 1. The molecule has 1 saturated heterocycles. The lowest BCUT2D eigenvalue weighted by molar-refractivity contribution is -0.154. The molecule has 0 aromatic heterocycles. The molecule has 0 aliphatic carbocycles. The van der Waals surface area contributed by atoms with Crippen molar-refractivity contribution in [2.75, 3.05) is 13.1 Å². The maximum atomic E-state index is 11.6. The molecule has 0 radical (unpaired) electrons. The summed E-state index contributed by atoms with van der Waals surface area (Å²) in [4.78, 5) is 11.6. The van der Waals surface area contributed by atoms with Crippen LogP contribution in [0, 0.1) is 17.8 Å². The van der Waals surface area contributed by atoms with Gasteiger partial charge in [-0.25, -0.2) is 0 Å². The maximum Gasteiger partial charge on any atom is 0.306 e. The molecular formula is C17H33NO2. The summed E-state index contributed by atoms with van der Waals surface area (Å²) in [5, 5.41) is 3.35. The summed E-state index contributed by atoms with van der Waals surface area (Å²) in [6.45, 7) is 12.9. The van der Waals surface area contributed by atoms with Gasteiger partial charge in [0.15, 0.2) is 0 Å². The minimum absolute atomic E-state index is 0.0561. The highest BCUT2D eigenvalue weighted by Crippen LogP contribution is 2.27. The summed E-state index contributed by atoms with van der Waals surface area (Å²) in [5.41, 5.74) is -0.349. The zero-order valence-corrected chi connectivity index (χ0v) is 14.0. The quantitative estimate of drug-likeness (QED) is 0.544. The Balaban J connectivity index is 2.02. The molecule has 3 nitrogen and oxygen atoms in total. The van der Waals surface area contributed by atoms with Gasteiger partial charge in [0.1, 0.15) is 5.60 Å². The second-order valence-corrected chi connectivity index (χ2v) is 7.44. The van der Waals surface area contributed by atoms with Crippen LogP contribution in [0.1, 0.15) is 66.7 Å². The third-order valence-electron chi connectivity index (χ3n) is 4.41. The van der Waals surface area contributed by atoms with Crippen molar-refractivity contribution in [3.05, 3.63) is 0 Å². The number of carbonyl (C=O) groups is 1. The average molecular weight is 283 g/mol. The van der Waals surface area contributed by atoms with Gasteiger partial charge in [0.25, 0.3) is 0 Å². The van der Waals surface area contributed by atoms with Gasteiger partial charge in [-0.2, -0.15) is 0 Å². The van der Waals surface area contributed by atoms with Crippen LogP contribution in [0.3, 0.4) is 0 Å². The van der Waals surface area contributed by atoms with Gasteiger partial charge in [-0.15, -0.1) is 0 Å². The van der Waals surface area contributed by atoms with E-state index in [4.69, 9.17) is 4.74 Å². The Hall–Kier alpha value is -0.570. The molecule has 1 aliphatic heterocycles. The molecule has 1 aliphatic rings. The minimum atomic E-state index is -0.349. The fourth-order valence-corrected chi connectivity index (χ4v) is 2.72. The first-order chi connectivity index (χ1) is 9.29. The second kappa shape index (κ2) is 8.02. The van der Waals surface area contributed by atoms with E-state index in [1.54, 1.807) is 0 Å². The molecule has 3 heteroatoms. The molecule has 1 rings (SSSR count). The van der Waals surface area contributed by atoms with Gasteiger partial charge in [-0.1, -0.05) is 33.1 Å². The van der Waals surface area contributed by atoms with E-state index in [9.17, 15) is 4.79 Å². The van der Waals surface area contributed by atoms with E-state index in [1.165, 1.54) is 25.9 Å². The van der Waals surface area contributed by atoms with Gasteiger partial charge in [-0.05, 0) is 58.0 Å². The zero-order chi connectivity index (χ0) is 15.2. The van der Waals surface area contributed by atoms with E-state index >= 15 is 0 Å². The highest BCUT2D eigenvalue weighted by Gasteiger charge is 2.27. The van der Waals surface area contributed by atoms with Crippen molar-refractivity contribution in [2.24, 2.45) is 17.8 Å². The third kappa shape index (κ3) is 6.74. The predicted octanol–water partition coefficient (Wildman–Crippen LogP) is 3.77. The molecule has 0 aromatic carbocycles. The number of unbranched alkanes of at least 4 members (excludes halogenated alkanes) is 2. The highest BCUT2D eigenvalue weighted by atomic mass is 16.6. The van der Waals surface area contributed by atoms with Crippen molar-refractivity contribution in [2.45, 2.75) is 72.3 Å². The van der Waals surface area contributed by atoms with Crippen LogP contribution in [0.15, 0.2) is 0 Å². The van der Waals surface area contributed by atoms with Crippen LogP contribution in [-0.4, -0.2) is 24.7 Å². The first-order valence-electron chi connectivity index (χ1n) is 8.22. The van der Waals surface area contributed by atoms with Crippen molar-refractivity contribution in [1.29, 1.82) is 0 Å². The summed E-state index contributed by atoms with van der Waals surface area (Å²) in [6.07, 6.45) is 5.18. The summed E-state index contributed by atoms with van der Waals surface area (Å²) < 4.78 is 5.31. The summed E-state index contributed by atoms with van der Waals surface area (Å²) in [6, 6.07) is 0. The molecule has 1 heterocycles. The Morgan fingerprint density at radius 2 is 1.85 bits per heavy atom. The number of ether oxygens (including phenoxy) is 1. The molecule has 0 saturated carbocycles. The molecule has 0 bridgehead atoms. The first-order valence-corrected chi connectivity index (χ1v) is 8.22. The van der Waals surface area contributed by atoms with Crippen LogP contribution in [-0.2, 0) is 9.53 Å². The van der Waals surface area contributed by atoms with Crippen molar-refractivity contribution in [1.82, 2.24) is 5.32 Å². The molecule has 0 spiro atoms. The SMILES string of the molecule is CC(CCCCCC(=O)OC(C)(C)C)C(C)C1CNC1. The summed E-state index contributed by atoms with van der Waals surface area (Å²) in [5.74, 6) is 2.44. The number of rotatable bonds is 8. The molecule has 2 atom stereocenters. The van der Waals surface area contributed by atoms with Crippen LogP contribution in [0.25, 0.3) is 0 Å². The lowest BCUT2D eigenvalue weighted by atomic mass is 9.78. The Bertz CT molecular complexity index is 292. The van der Waals surface area contributed by atoms with Crippen molar-refractivity contribution < 1.29 is 9.53 Å².